The Kier molecular flexibility index (Phi) is 3.48. The van der Waals surface area contributed by atoms with Crippen molar-refractivity contribution in [3.8, 4) is 22.7 Å². The monoisotopic (exact) mass is 317 g/mol. The molecule has 0 fully saturated rings. The molecule has 5 nitrogen and oxygen atoms in total. The quantitative estimate of drug-likeness (QED) is 0.608. The van der Waals surface area contributed by atoms with Gasteiger partial charge in [-0.3, -0.25) is 0 Å². The average Bonchev–Trinajstić information content (AvgIpc) is 3.06. The summed E-state index contributed by atoms with van der Waals surface area (Å²) in [7, 11) is 0. The van der Waals surface area contributed by atoms with Gasteiger partial charge in [0.05, 0.1) is 12.3 Å². The molecule has 0 spiro atoms. The summed E-state index contributed by atoms with van der Waals surface area (Å²) in [5.41, 5.74) is 2.98. The number of aromatic nitrogens is 3. The minimum Gasteiger partial charge on any atom is -0.507 e. The largest absolute Gasteiger partial charge is 0.507 e. The maximum absolute atomic E-state index is 10.1. The van der Waals surface area contributed by atoms with Crippen LogP contribution in [0, 0.1) is 0 Å². The molecule has 24 heavy (non-hydrogen) atoms. The molecule has 0 amide bonds. The number of aromatic hydroxyl groups is 1. The van der Waals surface area contributed by atoms with Gasteiger partial charge in [-0.05, 0) is 12.1 Å². The third kappa shape index (κ3) is 2.23. The molecule has 4 rings (SSSR count). The fourth-order valence-corrected chi connectivity index (χ4v) is 2.93. The van der Waals surface area contributed by atoms with Crippen molar-refractivity contribution in [1.82, 2.24) is 15.0 Å². The molecule has 0 atom stereocenters. The Hall–Kier alpha value is -3.18. The summed E-state index contributed by atoms with van der Waals surface area (Å²) in [6.45, 7) is -0.194. The number of nitrogens with zero attached hydrogens (tertiary/aromatic N) is 3. The van der Waals surface area contributed by atoms with Gasteiger partial charge in [0.1, 0.15) is 17.1 Å². The van der Waals surface area contributed by atoms with Gasteiger partial charge >= 0.3 is 0 Å². The Morgan fingerprint density at radius 1 is 0.833 bits per heavy atom. The van der Waals surface area contributed by atoms with Gasteiger partial charge in [0.2, 0.25) is 0 Å². The maximum Gasteiger partial charge on any atom is 0.123 e. The Labute approximate surface area is 138 Å². The first-order valence-electron chi connectivity index (χ1n) is 7.61. The number of phenolic OH excluding ortho intramolecular Hbond substituents is 1. The van der Waals surface area contributed by atoms with Gasteiger partial charge in [-0.15, -0.1) is 5.10 Å². The van der Waals surface area contributed by atoms with Crippen molar-refractivity contribution in [1.29, 1.82) is 0 Å². The highest BCUT2D eigenvalue weighted by atomic mass is 16.3. The second-order valence-electron chi connectivity index (χ2n) is 5.47. The normalized spacial score (nSPS) is 11.0. The Morgan fingerprint density at radius 3 is 2.38 bits per heavy atom. The molecule has 0 unspecified atom stereocenters. The van der Waals surface area contributed by atoms with Gasteiger partial charge in [0.25, 0.3) is 0 Å². The van der Waals surface area contributed by atoms with Crippen LogP contribution in [-0.2, 0) is 6.61 Å². The first-order chi connectivity index (χ1) is 11.8. The van der Waals surface area contributed by atoms with E-state index in [4.69, 9.17) is 0 Å². The van der Waals surface area contributed by atoms with Crippen LogP contribution in [0.5, 0.6) is 5.75 Å². The Balaban J connectivity index is 2.03. The third-order valence-electron chi connectivity index (χ3n) is 4.04. The fraction of sp³-hybridized carbons (Fsp3) is 0.0526. The van der Waals surface area contributed by atoms with Crippen LogP contribution >= 0.6 is 0 Å². The van der Waals surface area contributed by atoms with Crippen molar-refractivity contribution in [2.45, 2.75) is 6.61 Å². The molecule has 3 aromatic carbocycles. The summed E-state index contributed by atoms with van der Waals surface area (Å²) in [4.78, 5) is 0. The van der Waals surface area contributed by atoms with E-state index in [0.717, 1.165) is 27.7 Å². The summed E-state index contributed by atoms with van der Waals surface area (Å²) < 4.78 is 1.71. The lowest BCUT2D eigenvalue weighted by Crippen LogP contribution is -2.01. The molecule has 0 saturated carbocycles. The zero-order chi connectivity index (χ0) is 16.5. The molecule has 0 radical (unpaired) electrons. The molecule has 0 saturated heterocycles. The lowest BCUT2D eigenvalue weighted by molar-refractivity contribution is 0.277. The number of fused-ring (bicyclic) bond motifs is 1. The van der Waals surface area contributed by atoms with Crippen LogP contribution in [0.4, 0.5) is 0 Å². The number of benzene rings is 3. The van der Waals surface area contributed by atoms with Crippen molar-refractivity contribution in [2.75, 3.05) is 0 Å². The first-order valence-corrected chi connectivity index (χ1v) is 7.61. The van der Waals surface area contributed by atoms with Crippen LogP contribution in [0.3, 0.4) is 0 Å². The summed E-state index contributed by atoms with van der Waals surface area (Å²) in [6.07, 6.45) is 0. The molecule has 0 aliphatic rings. The topological polar surface area (TPSA) is 71.2 Å². The third-order valence-corrected chi connectivity index (χ3v) is 4.04. The molecule has 0 aliphatic heterocycles. The number of aliphatic hydroxyl groups is 1. The predicted octanol–water partition coefficient (Wildman–Crippen LogP) is 3.29. The van der Waals surface area contributed by atoms with Gasteiger partial charge in [0.15, 0.2) is 0 Å². The van der Waals surface area contributed by atoms with E-state index in [2.05, 4.69) is 10.3 Å². The molecule has 118 valence electrons. The molecule has 4 aromatic rings. The smallest absolute Gasteiger partial charge is 0.123 e. The van der Waals surface area contributed by atoms with E-state index in [1.54, 1.807) is 16.8 Å². The molecule has 0 aliphatic carbocycles. The predicted molar refractivity (Wildman–Crippen MR) is 91.9 cm³/mol. The molecule has 2 N–H and O–H groups in total. The van der Waals surface area contributed by atoms with Crippen molar-refractivity contribution >= 4 is 10.8 Å². The minimum absolute atomic E-state index is 0.194. The standard InChI is InChI=1S/C19H15N3O2/c23-12-16-19(13-6-2-1-3-7-13)22(21-20-16)17-10-4-9-15-14(17)8-5-11-18(15)24/h1-11,23-24H,12H2. The number of phenols is 1. The molecular formula is C19H15N3O2. The molecule has 1 heterocycles. The van der Waals surface area contributed by atoms with Crippen molar-refractivity contribution < 1.29 is 10.2 Å². The average molecular weight is 317 g/mol. The van der Waals surface area contributed by atoms with E-state index in [-0.39, 0.29) is 12.4 Å². The van der Waals surface area contributed by atoms with E-state index >= 15 is 0 Å². The van der Waals surface area contributed by atoms with Crippen LogP contribution in [0.1, 0.15) is 5.69 Å². The van der Waals surface area contributed by atoms with E-state index in [1.165, 1.54) is 0 Å². The summed E-state index contributed by atoms with van der Waals surface area (Å²) in [5, 5.41) is 29.7. The second-order valence-corrected chi connectivity index (χ2v) is 5.47. The SMILES string of the molecule is OCc1nnn(-c2cccc3c(O)cccc23)c1-c1ccccc1. The molecule has 5 heteroatoms. The maximum atomic E-state index is 10.1. The minimum atomic E-state index is -0.194. The van der Waals surface area contributed by atoms with Crippen LogP contribution in [0.15, 0.2) is 66.7 Å². The van der Waals surface area contributed by atoms with Gasteiger partial charge in [-0.2, -0.15) is 0 Å². The fourth-order valence-electron chi connectivity index (χ4n) is 2.93. The van der Waals surface area contributed by atoms with Gasteiger partial charge in [0, 0.05) is 16.3 Å². The molecule has 0 bridgehead atoms. The van der Waals surface area contributed by atoms with E-state index in [1.807, 2.05) is 54.6 Å². The lowest BCUT2D eigenvalue weighted by Gasteiger charge is -2.11. The number of rotatable bonds is 3. The molecule has 1 aromatic heterocycles. The van der Waals surface area contributed by atoms with Crippen molar-refractivity contribution in [3.63, 3.8) is 0 Å². The Bertz CT molecular complexity index is 1010. The van der Waals surface area contributed by atoms with Crippen LogP contribution < -0.4 is 0 Å². The summed E-state index contributed by atoms with van der Waals surface area (Å²) >= 11 is 0. The van der Waals surface area contributed by atoms with E-state index in [0.29, 0.717) is 5.69 Å². The second kappa shape index (κ2) is 5.79. The summed E-state index contributed by atoms with van der Waals surface area (Å²) in [6, 6.07) is 20.7. The van der Waals surface area contributed by atoms with Crippen molar-refractivity contribution in [3.05, 3.63) is 72.4 Å². The highest BCUT2D eigenvalue weighted by Crippen LogP contribution is 2.32. The zero-order valence-corrected chi connectivity index (χ0v) is 12.8. The Morgan fingerprint density at radius 2 is 1.58 bits per heavy atom. The summed E-state index contributed by atoms with van der Waals surface area (Å²) in [5.74, 6) is 0.220. The van der Waals surface area contributed by atoms with E-state index < -0.39 is 0 Å². The van der Waals surface area contributed by atoms with E-state index in [9.17, 15) is 10.2 Å². The highest BCUT2D eigenvalue weighted by molar-refractivity contribution is 5.94. The number of hydrogen-bond acceptors (Lipinski definition) is 4. The zero-order valence-electron chi connectivity index (χ0n) is 12.8. The molecular weight excluding hydrogens is 302 g/mol. The first kappa shape index (κ1) is 14.4. The van der Waals surface area contributed by atoms with Crippen LogP contribution in [-0.4, -0.2) is 25.2 Å². The van der Waals surface area contributed by atoms with Gasteiger partial charge < -0.3 is 10.2 Å². The van der Waals surface area contributed by atoms with Crippen molar-refractivity contribution in [2.24, 2.45) is 0 Å². The number of aliphatic hydroxyl groups excluding tert-OH is 1. The number of hydrogen-bond donors (Lipinski definition) is 2. The van der Waals surface area contributed by atoms with Gasteiger partial charge in [-0.25, -0.2) is 4.68 Å². The lowest BCUT2D eigenvalue weighted by atomic mass is 10.1. The van der Waals surface area contributed by atoms with Crippen LogP contribution in [0.25, 0.3) is 27.7 Å². The van der Waals surface area contributed by atoms with Gasteiger partial charge in [-0.1, -0.05) is 59.8 Å². The highest BCUT2D eigenvalue weighted by Gasteiger charge is 2.17. The van der Waals surface area contributed by atoms with Crippen LogP contribution in [0.2, 0.25) is 0 Å².